The summed E-state index contributed by atoms with van der Waals surface area (Å²) in [6.07, 6.45) is 44.4. The normalized spacial score (nSPS) is 26.0. The molecule has 74 heavy (non-hydrogen) atoms. The standard InChI is InChI=1S/C60H101NO13/c1-3-5-7-9-11-13-15-17-19-21-23-24-26-28-30-32-34-36-38-40-42-44-52(65)61-48(49(64)43-41-39-37-35-33-31-29-27-25-22-20-18-16-14-12-10-8-6-4-2)47-71-59-57(70)55(68)58(51(46-63)73-59)74-60-56(69)54(67)53(66)50(45-62)72-60/h5,7,11,13,17,19,23-24,28,30,33-36,41,43,48-51,53-60,62-64,66-70H,3-4,6,8-10,12,14-16,18,20-22,25-27,29,31-32,37-40,42,44-47H2,1-2H3,(H,61,65)/b7-5-,13-11-,19-17-,24-23-,30-28-,35-33+,36-34-,43-41+. The number of carbonyl (C=O) groups excluding carboxylic acids is 1. The van der Waals surface area contributed by atoms with E-state index in [1.807, 2.05) is 6.08 Å². The minimum absolute atomic E-state index is 0.213. The van der Waals surface area contributed by atoms with Gasteiger partial charge in [0.1, 0.15) is 48.8 Å². The molecular weight excluding hydrogens is 943 g/mol. The number of unbranched alkanes of at least 4 members (excludes halogenated alkanes) is 16. The van der Waals surface area contributed by atoms with E-state index in [4.69, 9.17) is 18.9 Å². The second-order valence-electron chi connectivity index (χ2n) is 19.7. The van der Waals surface area contributed by atoms with E-state index < -0.39 is 86.8 Å². The van der Waals surface area contributed by atoms with Gasteiger partial charge in [-0.2, -0.15) is 0 Å². The van der Waals surface area contributed by atoms with Crippen LogP contribution in [-0.4, -0.2) is 140 Å². The molecular formula is C60H101NO13. The minimum atomic E-state index is -1.80. The number of hydrogen-bond donors (Lipinski definition) is 9. The summed E-state index contributed by atoms with van der Waals surface area (Å²) < 4.78 is 22.7. The number of hydrogen-bond acceptors (Lipinski definition) is 13. The van der Waals surface area contributed by atoms with Gasteiger partial charge in [0.15, 0.2) is 12.6 Å². The molecule has 0 aliphatic carbocycles. The van der Waals surface area contributed by atoms with Crippen molar-refractivity contribution in [1.29, 1.82) is 0 Å². The predicted molar refractivity (Wildman–Crippen MR) is 295 cm³/mol. The molecule has 0 aromatic rings. The highest BCUT2D eigenvalue weighted by Crippen LogP contribution is 2.30. The van der Waals surface area contributed by atoms with E-state index >= 15 is 0 Å². The number of carbonyl (C=O) groups is 1. The number of nitrogens with one attached hydrogen (secondary N) is 1. The molecule has 12 unspecified atom stereocenters. The van der Waals surface area contributed by atoms with Crippen LogP contribution in [0.2, 0.25) is 0 Å². The smallest absolute Gasteiger partial charge is 0.220 e. The Kier molecular flexibility index (Phi) is 40.7. The Morgan fingerprint density at radius 2 is 0.946 bits per heavy atom. The van der Waals surface area contributed by atoms with Crippen LogP contribution in [0.4, 0.5) is 0 Å². The second-order valence-corrected chi connectivity index (χ2v) is 19.7. The van der Waals surface area contributed by atoms with Crippen LogP contribution >= 0.6 is 0 Å². The third-order valence-corrected chi connectivity index (χ3v) is 13.3. The zero-order valence-electron chi connectivity index (χ0n) is 45.3. The molecule has 2 rings (SSSR count). The molecule has 2 heterocycles. The predicted octanol–water partition coefficient (Wildman–Crippen LogP) is 9.10. The van der Waals surface area contributed by atoms with Gasteiger partial charge in [-0.1, -0.05) is 188 Å². The lowest BCUT2D eigenvalue weighted by Gasteiger charge is -2.46. The SMILES string of the molecule is CC/C=C\C/C=C\C/C=C\C/C=C\C/C=C\C/C=C\CCCCC(=O)NC(COC1OC(CO)C(OC2OC(CO)C(O)C(O)C2O)C(O)C1O)C(O)/C=C/CC/C=C/CCCCCCCCCCCCCCC. The van der Waals surface area contributed by atoms with E-state index in [2.05, 4.69) is 104 Å². The van der Waals surface area contributed by atoms with E-state index in [1.165, 1.54) is 83.5 Å². The summed E-state index contributed by atoms with van der Waals surface area (Å²) in [5.74, 6) is -0.295. The van der Waals surface area contributed by atoms with Gasteiger partial charge in [-0.25, -0.2) is 0 Å². The van der Waals surface area contributed by atoms with Crippen LogP contribution in [-0.2, 0) is 23.7 Å². The van der Waals surface area contributed by atoms with Crippen LogP contribution in [0.3, 0.4) is 0 Å². The van der Waals surface area contributed by atoms with Gasteiger partial charge in [0.25, 0.3) is 0 Å². The molecule has 2 fully saturated rings. The van der Waals surface area contributed by atoms with Gasteiger partial charge < -0.3 is 65.1 Å². The van der Waals surface area contributed by atoms with Gasteiger partial charge in [0.05, 0.1) is 32.0 Å². The van der Waals surface area contributed by atoms with Crippen molar-refractivity contribution < 1.29 is 64.6 Å². The van der Waals surface area contributed by atoms with Crippen LogP contribution in [0, 0.1) is 0 Å². The summed E-state index contributed by atoms with van der Waals surface area (Å²) in [5.41, 5.74) is 0. The zero-order chi connectivity index (χ0) is 53.9. The Morgan fingerprint density at radius 1 is 0.500 bits per heavy atom. The number of rotatable bonds is 43. The Hall–Kier alpha value is -3.09. The molecule has 0 aromatic carbocycles. The fourth-order valence-electron chi connectivity index (χ4n) is 8.66. The molecule has 14 heteroatoms. The first-order chi connectivity index (χ1) is 36.1. The van der Waals surface area contributed by atoms with Crippen LogP contribution in [0.5, 0.6) is 0 Å². The van der Waals surface area contributed by atoms with Gasteiger partial charge in [0, 0.05) is 6.42 Å². The van der Waals surface area contributed by atoms with Gasteiger partial charge in [0.2, 0.25) is 5.91 Å². The van der Waals surface area contributed by atoms with Gasteiger partial charge in [-0.3, -0.25) is 4.79 Å². The molecule has 424 valence electrons. The fraction of sp³-hybridized carbons (Fsp3) is 0.717. The molecule has 0 aromatic heterocycles. The average Bonchev–Trinajstić information content (AvgIpc) is 3.40. The quantitative estimate of drug-likeness (QED) is 0.0205. The molecule has 9 N–H and O–H groups in total. The lowest BCUT2D eigenvalue weighted by molar-refractivity contribution is -0.359. The van der Waals surface area contributed by atoms with E-state index in [9.17, 15) is 45.6 Å². The van der Waals surface area contributed by atoms with Crippen molar-refractivity contribution in [3.05, 3.63) is 97.2 Å². The molecule has 0 bridgehead atoms. The molecule has 2 aliphatic heterocycles. The molecule has 2 saturated heterocycles. The molecule has 1 amide bonds. The van der Waals surface area contributed by atoms with Crippen molar-refractivity contribution >= 4 is 5.91 Å². The lowest BCUT2D eigenvalue weighted by atomic mass is 9.97. The Balaban J connectivity index is 1.84. The van der Waals surface area contributed by atoms with Gasteiger partial charge >= 0.3 is 0 Å². The summed E-state index contributed by atoms with van der Waals surface area (Å²) in [7, 11) is 0. The van der Waals surface area contributed by atoms with Gasteiger partial charge in [-0.15, -0.1) is 0 Å². The average molecular weight is 1040 g/mol. The van der Waals surface area contributed by atoms with E-state index in [0.29, 0.717) is 12.8 Å². The summed E-state index contributed by atoms with van der Waals surface area (Å²) >= 11 is 0. The number of ether oxygens (including phenoxy) is 4. The lowest BCUT2D eigenvalue weighted by Crippen LogP contribution is -2.65. The first-order valence-electron chi connectivity index (χ1n) is 28.5. The third-order valence-electron chi connectivity index (χ3n) is 13.3. The molecule has 14 nitrogen and oxygen atoms in total. The topological polar surface area (TPSA) is 228 Å². The number of aliphatic hydroxyl groups excluding tert-OH is 8. The summed E-state index contributed by atoms with van der Waals surface area (Å²) in [4.78, 5) is 13.2. The minimum Gasteiger partial charge on any atom is -0.394 e. The Labute approximate surface area is 445 Å². The van der Waals surface area contributed by atoms with Crippen molar-refractivity contribution in [3.63, 3.8) is 0 Å². The molecule has 0 saturated carbocycles. The fourth-order valence-corrected chi connectivity index (χ4v) is 8.66. The maximum Gasteiger partial charge on any atom is 0.220 e. The second kappa shape index (κ2) is 45.0. The van der Waals surface area contributed by atoms with Crippen LogP contribution in [0.1, 0.15) is 181 Å². The monoisotopic (exact) mass is 1040 g/mol. The highest BCUT2D eigenvalue weighted by molar-refractivity contribution is 5.76. The van der Waals surface area contributed by atoms with Crippen LogP contribution in [0.25, 0.3) is 0 Å². The number of amides is 1. The third kappa shape index (κ3) is 30.6. The van der Waals surface area contributed by atoms with Crippen molar-refractivity contribution in [2.45, 2.75) is 254 Å². The Bertz CT molecular complexity index is 1610. The van der Waals surface area contributed by atoms with Crippen molar-refractivity contribution in [3.8, 4) is 0 Å². The van der Waals surface area contributed by atoms with E-state index in [1.54, 1.807) is 6.08 Å². The van der Waals surface area contributed by atoms with Crippen molar-refractivity contribution in [1.82, 2.24) is 5.32 Å². The highest BCUT2D eigenvalue weighted by atomic mass is 16.7. The van der Waals surface area contributed by atoms with Gasteiger partial charge in [-0.05, 0) is 83.5 Å². The Morgan fingerprint density at radius 3 is 1.49 bits per heavy atom. The number of aliphatic hydroxyl groups is 8. The maximum absolute atomic E-state index is 13.2. The maximum atomic E-state index is 13.2. The van der Waals surface area contributed by atoms with Crippen molar-refractivity contribution in [2.24, 2.45) is 0 Å². The van der Waals surface area contributed by atoms with Crippen LogP contribution in [0.15, 0.2) is 97.2 Å². The molecule has 0 radical (unpaired) electrons. The largest absolute Gasteiger partial charge is 0.394 e. The zero-order valence-corrected chi connectivity index (χ0v) is 45.3. The van der Waals surface area contributed by atoms with Crippen LogP contribution < -0.4 is 5.32 Å². The van der Waals surface area contributed by atoms with Crippen molar-refractivity contribution in [2.75, 3.05) is 19.8 Å². The summed E-state index contributed by atoms with van der Waals surface area (Å²) in [5, 5.41) is 87.0. The van der Waals surface area contributed by atoms with E-state index in [-0.39, 0.29) is 18.9 Å². The first-order valence-corrected chi connectivity index (χ1v) is 28.5. The summed E-state index contributed by atoms with van der Waals surface area (Å²) in [6.45, 7) is 2.62. The first kappa shape index (κ1) is 67.0. The van der Waals surface area contributed by atoms with E-state index in [0.717, 1.165) is 64.2 Å². The summed E-state index contributed by atoms with van der Waals surface area (Å²) in [6, 6.07) is -0.961. The highest BCUT2D eigenvalue weighted by Gasteiger charge is 2.51. The molecule has 2 aliphatic rings. The molecule has 0 spiro atoms. The number of allylic oxidation sites excluding steroid dienone is 15. The molecule has 12 atom stereocenters.